The van der Waals surface area contributed by atoms with Gasteiger partial charge in [-0.05, 0) is 30.0 Å². The van der Waals surface area contributed by atoms with E-state index in [-0.39, 0.29) is 17.2 Å². The second-order valence-corrected chi connectivity index (χ2v) is 4.88. The summed E-state index contributed by atoms with van der Waals surface area (Å²) >= 11 is 1.08. The van der Waals surface area contributed by atoms with E-state index in [0.29, 0.717) is 11.4 Å². The number of thiophene rings is 1. The number of anilines is 1. The van der Waals surface area contributed by atoms with Crippen LogP contribution in [0.2, 0.25) is 0 Å². The lowest BCUT2D eigenvalue weighted by atomic mass is 10.1. The molecule has 0 fully saturated rings. The Morgan fingerprint density at radius 1 is 1.42 bits per heavy atom. The van der Waals surface area contributed by atoms with Crippen molar-refractivity contribution in [1.29, 1.82) is 0 Å². The molecular weight excluding hydrogens is 264 g/mol. The topological polar surface area (TPSA) is 79.3 Å². The highest BCUT2D eigenvalue weighted by molar-refractivity contribution is 7.12. The zero-order valence-corrected chi connectivity index (χ0v) is 11.0. The van der Waals surface area contributed by atoms with Crippen molar-refractivity contribution in [2.75, 3.05) is 5.32 Å². The standard InChI is InChI=1S/C13H12N2O3S/c1-8-3-2-5-14-10(8)7-11(16)15-9-4-6-19-12(9)13(17)18/h2-6H,7H2,1H3,(H,15,16)(H,17,18). The fraction of sp³-hybridized carbons (Fsp3) is 0.154. The molecule has 19 heavy (non-hydrogen) atoms. The Morgan fingerprint density at radius 2 is 2.21 bits per heavy atom. The number of amides is 1. The van der Waals surface area contributed by atoms with Crippen molar-refractivity contribution in [3.63, 3.8) is 0 Å². The van der Waals surface area contributed by atoms with Crippen LogP contribution in [0.1, 0.15) is 20.9 Å². The van der Waals surface area contributed by atoms with Crippen LogP contribution in [-0.2, 0) is 11.2 Å². The van der Waals surface area contributed by atoms with Gasteiger partial charge in [0.1, 0.15) is 4.88 Å². The van der Waals surface area contributed by atoms with Crippen molar-refractivity contribution in [2.24, 2.45) is 0 Å². The molecule has 0 radical (unpaired) electrons. The van der Waals surface area contributed by atoms with Gasteiger partial charge in [0.15, 0.2) is 0 Å². The molecule has 2 aromatic rings. The lowest BCUT2D eigenvalue weighted by Gasteiger charge is -2.06. The first kappa shape index (κ1) is 13.2. The molecule has 0 aliphatic rings. The molecule has 98 valence electrons. The third-order valence-electron chi connectivity index (χ3n) is 2.58. The number of rotatable bonds is 4. The average molecular weight is 276 g/mol. The zero-order chi connectivity index (χ0) is 13.8. The van der Waals surface area contributed by atoms with Gasteiger partial charge in [0.05, 0.1) is 17.8 Å². The highest BCUT2D eigenvalue weighted by Gasteiger charge is 2.14. The first-order valence-electron chi connectivity index (χ1n) is 5.59. The molecule has 0 aliphatic heterocycles. The molecule has 0 atom stereocenters. The molecule has 6 heteroatoms. The van der Waals surface area contributed by atoms with Crippen LogP contribution >= 0.6 is 11.3 Å². The number of nitrogens with zero attached hydrogens (tertiary/aromatic N) is 1. The van der Waals surface area contributed by atoms with Gasteiger partial charge in [0.2, 0.25) is 5.91 Å². The smallest absolute Gasteiger partial charge is 0.348 e. The number of carbonyl (C=O) groups excluding carboxylic acids is 1. The number of carboxylic acid groups (broad SMARTS) is 1. The van der Waals surface area contributed by atoms with Gasteiger partial charge in [-0.15, -0.1) is 11.3 Å². The molecule has 0 unspecified atom stereocenters. The van der Waals surface area contributed by atoms with Crippen molar-refractivity contribution in [3.8, 4) is 0 Å². The van der Waals surface area contributed by atoms with Gasteiger partial charge in [-0.1, -0.05) is 6.07 Å². The number of aromatic carboxylic acids is 1. The van der Waals surface area contributed by atoms with Crippen LogP contribution in [-0.4, -0.2) is 22.0 Å². The lowest BCUT2D eigenvalue weighted by molar-refractivity contribution is -0.115. The molecule has 0 bridgehead atoms. The first-order valence-corrected chi connectivity index (χ1v) is 6.47. The summed E-state index contributed by atoms with van der Waals surface area (Å²) in [6.45, 7) is 1.88. The highest BCUT2D eigenvalue weighted by Crippen LogP contribution is 2.22. The quantitative estimate of drug-likeness (QED) is 0.898. The minimum Gasteiger partial charge on any atom is -0.477 e. The van der Waals surface area contributed by atoms with Crippen molar-refractivity contribution in [3.05, 3.63) is 45.9 Å². The summed E-state index contributed by atoms with van der Waals surface area (Å²) in [6, 6.07) is 5.26. The van der Waals surface area contributed by atoms with Gasteiger partial charge in [-0.3, -0.25) is 9.78 Å². The number of hydrogen-bond acceptors (Lipinski definition) is 4. The molecule has 5 nitrogen and oxygen atoms in total. The third-order valence-corrected chi connectivity index (χ3v) is 3.48. The number of pyridine rings is 1. The van der Waals surface area contributed by atoms with E-state index < -0.39 is 5.97 Å². The van der Waals surface area contributed by atoms with Crippen LogP contribution in [0, 0.1) is 6.92 Å². The number of hydrogen-bond donors (Lipinski definition) is 2. The van der Waals surface area contributed by atoms with E-state index in [1.165, 1.54) is 0 Å². The highest BCUT2D eigenvalue weighted by atomic mass is 32.1. The van der Waals surface area contributed by atoms with Crippen molar-refractivity contribution in [2.45, 2.75) is 13.3 Å². The molecule has 2 aromatic heterocycles. The van der Waals surface area contributed by atoms with E-state index in [9.17, 15) is 9.59 Å². The van der Waals surface area contributed by atoms with Gasteiger partial charge in [-0.2, -0.15) is 0 Å². The number of aromatic nitrogens is 1. The Bertz CT molecular complexity index is 622. The summed E-state index contributed by atoms with van der Waals surface area (Å²) in [7, 11) is 0. The molecule has 0 aromatic carbocycles. The van der Waals surface area contributed by atoms with E-state index in [4.69, 9.17) is 5.11 Å². The maximum absolute atomic E-state index is 11.9. The predicted octanol–water partition coefficient (Wildman–Crippen LogP) is 2.33. The fourth-order valence-electron chi connectivity index (χ4n) is 1.62. The molecule has 0 saturated carbocycles. The molecule has 0 spiro atoms. The number of nitrogens with one attached hydrogen (secondary N) is 1. The van der Waals surface area contributed by atoms with Crippen LogP contribution in [0.25, 0.3) is 0 Å². The molecule has 0 saturated heterocycles. The van der Waals surface area contributed by atoms with Crippen LogP contribution in [0.5, 0.6) is 0 Å². The molecule has 2 N–H and O–H groups in total. The van der Waals surface area contributed by atoms with E-state index in [2.05, 4.69) is 10.3 Å². The maximum Gasteiger partial charge on any atom is 0.348 e. The predicted molar refractivity (Wildman–Crippen MR) is 72.6 cm³/mol. The first-order chi connectivity index (χ1) is 9.08. The van der Waals surface area contributed by atoms with E-state index in [1.54, 1.807) is 23.7 Å². The molecule has 2 rings (SSSR count). The van der Waals surface area contributed by atoms with Gasteiger partial charge < -0.3 is 10.4 Å². The Balaban J connectivity index is 2.08. The van der Waals surface area contributed by atoms with Gasteiger partial charge >= 0.3 is 5.97 Å². The SMILES string of the molecule is Cc1cccnc1CC(=O)Nc1ccsc1C(=O)O. The summed E-state index contributed by atoms with van der Waals surface area (Å²) in [5, 5.41) is 13.2. The molecule has 0 aliphatic carbocycles. The zero-order valence-electron chi connectivity index (χ0n) is 10.2. The fourth-order valence-corrected chi connectivity index (χ4v) is 2.31. The Hall–Kier alpha value is -2.21. The average Bonchev–Trinajstić information content (AvgIpc) is 2.80. The monoisotopic (exact) mass is 276 g/mol. The van der Waals surface area contributed by atoms with Crippen LogP contribution in [0.4, 0.5) is 5.69 Å². The van der Waals surface area contributed by atoms with E-state index in [1.807, 2.05) is 13.0 Å². The van der Waals surface area contributed by atoms with Crippen LogP contribution in [0.3, 0.4) is 0 Å². The number of carbonyl (C=O) groups is 2. The normalized spacial score (nSPS) is 10.2. The Morgan fingerprint density at radius 3 is 2.89 bits per heavy atom. The largest absolute Gasteiger partial charge is 0.477 e. The second kappa shape index (κ2) is 5.62. The Labute approximate surface area is 113 Å². The summed E-state index contributed by atoms with van der Waals surface area (Å²) in [6.07, 6.45) is 1.75. The summed E-state index contributed by atoms with van der Waals surface area (Å²) in [5.74, 6) is -1.32. The van der Waals surface area contributed by atoms with E-state index >= 15 is 0 Å². The minimum absolute atomic E-state index is 0.127. The van der Waals surface area contributed by atoms with Gasteiger partial charge in [0, 0.05) is 6.20 Å². The molecular formula is C13H12N2O3S. The summed E-state index contributed by atoms with van der Waals surface area (Å²) < 4.78 is 0. The molecule has 2 heterocycles. The minimum atomic E-state index is -1.04. The van der Waals surface area contributed by atoms with Crippen LogP contribution in [0.15, 0.2) is 29.8 Å². The third kappa shape index (κ3) is 3.17. The van der Waals surface area contributed by atoms with Crippen LogP contribution < -0.4 is 5.32 Å². The number of carboxylic acids is 1. The Kier molecular flexibility index (Phi) is 3.91. The summed E-state index contributed by atoms with van der Waals surface area (Å²) in [4.78, 5) is 27.1. The van der Waals surface area contributed by atoms with Crippen molar-refractivity contribution >= 4 is 28.9 Å². The van der Waals surface area contributed by atoms with Crippen molar-refractivity contribution in [1.82, 2.24) is 4.98 Å². The van der Waals surface area contributed by atoms with Crippen molar-refractivity contribution < 1.29 is 14.7 Å². The van der Waals surface area contributed by atoms with Gasteiger partial charge in [-0.25, -0.2) is 4.79 Å². The van der Waals surface area contributed by atoms with Gasteiger partial charge in [0.25, 0.3) is 0 Å². The molecule has 1 amide bonds. The second-order valence-electron chi connectivity index (χ2n) is 3.96. The maximum atomic E-state index is 11.9. The number of aryl methyl sites for hydroxylation is 1. The van der Waals surface area contributed by atoms with E-state index in [0.717, 1.165) is 16.9 Å². The summed E-state index contributed by atoms with van der Waals surface area (Å²) in [5.41, 5.74) is 1.95. The lowest BCUT2D eigenvalue weighted by Crippen LogP contribution is -2.16.